The lowest BCUT2D eigenvalue weighted by Gasteiger charge is -2.23. The number of aromatic nitrogens is 1. The molecule has 0 radical (unpaired) electrons. The van der Waals surface area contributed by atoms with Gasteiger partial charge in [-0.05, 0) is 97.7 Å². The molecule has 47 heavy (non-hydrogen) atoms. The molecule has 2 aliphatic rings. The number of carbonyl (C=O) groups is 1. The number of benzene rings is 2. The molecule has 1 aromatic heterocycles. The number of pyridine rings is 1. The minimum atomic E-state index is -1.45. The minimum Gasteiger partial charge on any atom is -0.490 e. The molecule has 2 saturated carbocycles. The number of aliphatic hydroxyl groups excluding tert-OH is 4. The number of nitrogens with zero attached hydrogens (tertiary/aromatic N) is 1. The van der Waals surface area contributed by atoms with E-state index < -0.39 is 24.3 Å². The number of carbonyl (C=O) groups excluding carboxylic acids is 1. The number of halogens is 1. The zero-order valence-corrected chi connectivity index (χ0v) is 28.0. The van der Waals surface area contributed by atoms with E-state index in [2.05, 4.69) is 51.3 Å². The second-order valence-electron chi connectivity index (χ2n) is 12.3. The summed E-state index contributed by atoms with van der Waals surface area (Å²) in [5.41, 5.74) is 4.30. The molecule has 2 amide bonds. The van der Waals surface area contributed by atoms with Gasteiger partial charge < -0.3 is 41.1 Å². The number of amides is 2. The van der Waals surface area contributed by atoms with Crippen LogP contribution >= 0.6 is 23.4 Å². The van der Waals surface area contributed by atoms with Crippen molar-refractivity contribution in [3.05, 3.63) is 77.1 Å². The van der Waals surface area contributed by atoms with Crippen LogP contribution in [-0.4, -0.2) is 81.3 Å². The molecule has 12 heteroatoms. The van der Waals surface area contributed by atoms with Crippen LogP contribution in [0.25, 0.3) is 11.1 Å². The van der Waals surface area contributed by atoms with Gasteiger partial charge in [0.2, 0.25) is 0 Å². The molecule has 0 bridgehead atoms. The molecule has 7 N–H and O–H groups in total. The van der Waals surface area contributed by atoms with Crippen LogP contribution < -0.4 is 20.7 Å². The van der Waals surface area contributed by atoms with Crippen LogP contribution in [0.3, 0.4) is 0 Å². The normalized spacial score (nSPS) is 17.0. The zero-order valence-electron chi connectivity index (χ0n) is 26.4. The summed E-state index contributed by atoms with van der Waals surface area (Å²) in [6, 6.07) is 16.0. The monoisotopic (exact) mass is 684 g/mol. The van der Waals surface area contributed by atoms with E-state index in [1.807, 2.05) is 30.6 Å². The molecule has 0 spiro atoms. The van der Waals surface area contributed by atoms with Crippen molar-refractivity contribution in [1.82, 2.24) is 20.9 Å². The Bertz CT molecular complexity index is 1470. The van der Waals surface area contributed by atoms with Gasteiger partial charge in [0.25, 0.3) is 0 Å². The van der Waals surface area contributed by atoms with Gasteiger partial charge in [-0.15, -0.1) is 11.8 Å². The van der Waals surface area contributed by atoms with E-state index in [1.54, 1.807) is 11.8 Å². The maximum absolute atomic E-state index is 12.0. The van der Waals surface area contributed by atoms with Gasteiger partial charge in [0.1, 0.15) is 11.9 Å². The van der Waals surface area contributed by atoms with Crippen LogP contribution in [0.4, 0.5) is 4.79 Å². The predicted molar refractivity (Wildman–Crippen MR) is 184 cm³/mol. The topological polar surface area (TPSA) is 156 Å². The van der Waals surface area contributed by atoms with Crippen molar-refractivity contribution in [2.75, 3.05) is 25.4 Å². The SMILES string of the molecule is O=C(NCCCCSc1ccc(Cl)c(CNC2(c3cnccc3-c3ccccc3OC3CC3)CC2)c1)NCC(O)C(O)C(O)CCO. The number of urea groups is 1. The van der Waals surface area contributed by atoms with E-state index in [1.165, 1.54) is 5.56 Å². The van der Waals surface area contributed by atoms with E-state index in [4.69, 9.17) is 21.4 Å². The van der Waals surface area contributed by atoms with Crippen molar-refractivity contribution in [1.29, 1.82) is 0 Å². The minimum absolute atomic E-state index is 0.0586. The van der Waals surface area contributed by atoms with E-state index in [0.29, 0.717) is 19.2 Å². The van der Waals surface area contributed by atoms with E-state index >= 15 is 0 Å². The molecule has 3 atom stereocenters. The molecule has 0 aliphatic heterocycles. The first-order chi connectivity index (χ1) is 22.8. The molecular weight excluding hydrogens is 640 g/mol. The predicted octanol–water partition coefficient (Wildman–Crippen LogP) is 4.36. The first-order valence-corrected chi connectivity index (χ1v) is 17.7. The molecule has 0 saturated heterocycles. The fraction of sp³-hybridized carbons (Fsp3) is 0.486. The summed E-state index contributed by atoms with van der Waals surface area (Å²) in [7, 11) is 0. The molecule has 2 aromatic carbocycles. The number of ether oxygens (including phenoxy) is 1. The average molecular weight is 685 g/mol. The molecule has 3 unspecified atom stereocenters. The van der Waals surface area contributed by atoms with Crippen molar-refractivity contribution in [2.45, 2.75) is 86.3 Å². The maximum atomic E-state index is 12.0. The van der Waals surface area contributed by atoms with Crippen molar-refractivity contribution < 1.29 is 30.0 Å². The Balaban J connectivity index is 1.07. The summed E-state index contributed by atoms with van der Waals surface area (Å²) in [4.78, 5) is 17.6. The van der Waals surface area contributed by atoms with Crippen LogP contribution in [0, 0.1) is 0 Å². The van der Waals surface area contributed by atoms with Crippen molar-refractivity contribution in [3.63, 3.8) is 0 Å². The molecule has 5 rings (SSSR count). The fourth-order valence-corrected chi connectivity index (χ4v) is 6.59. The number of hydrogen-bond acceptors (Lipinski definition) is 9. The van der Waals surface area contributed by atoms with Crippen LogP contribution in [0.1, 0.15) is 56.1 Å². The van der Waals surface area contributed by atoms with E-state index in [0.717, 1.165) is 76.6 Å². The summed E-state index contributed by atoms with van der Waals surface area (Å²) < 4.78 is 6.25. The lowest BCUT2D eigenvalue weighted by molar-refractivity contribution is -0.0634. The van der Waals surface area contributed by atoms with Crippen LogP contribution in [-0.2, 0) is 12.1 Å². The number of aliphatic hydroxyl groups is 4. The van der Waals surface area contributed by atoms with Gasteiger partial charge in [0, 0.05) is 59.7 Å². The molecule has 3 aromatic rings. The number of hydrogen-bond donors (Lipinski definition) is 7. The average Bonchev–Trinajstić information content (AvgIpc) is 4.03. The smallest absolute Gasteiger partial charge is 0.314 e. The summed E-state index contributed by atoms with van der Waals surface area (Å²) in [6.07, 6.45) is 5.95. The standard InChI is InChI=1S/C35H45ClN4O6S/c36-29-10-9-25(47-18-4-3-15-38-34(45)39-22-31(43)33(44)30(42)12-17-41)19-23(29)20-40-35(13-14-35)28-21-37-16-11-26(28)27-5-1-2-6-32(27)46-24-7-8-24/h1-2,5-6,9-11,16,19,21,24,30-31,33,40-44H,3-4,7-8,12-15,17-18,20,22H2,(H2,38,39,45). The number of thioether (sulfide) groups is 1. The molecule has 1 heterocycles. The summed E-state index contributed by atoms with van der Waals surface area (Å²) >= 11 is 8.38. The van der Waals surface area contributed by atoms with Crippen molar-refractivity contribution in [2.24, 2.45) is 0 Å². The highest BCUT2D eigenvalue weighted by Crippen LogP contribution is 2.50. The van der Waals surface area contributed by atoms with Gasteiger partial charge in [0.15, 0.2) is 0 Å². The molecule has 2 fully saturated rings. The first-order valence-electron chi connectivity index (χ1n) is 16.3. The Hall–Kier alpha value is -2.90. The second kappa shape index (κ2) is 17.0. The van der Waals surface area contributed by atoms with Gasteiger partial charge >= 0.3 is 6.03 Å². The Morgan fingerprint density at radius 1 is 1.04 bits per heavy atom. The maximum Gasteiger partial charge on any atom is 0.314 e. The third-order valence-corrected chi connectivity index (χ3v) is 9.98. The van der Waals surface area contributed by atoms with Gasteiger partial charge in [-0.2, -0.15) is 0 Å². The summed E-state index contributed by atoms with van der Waals surface area (Å²) in [5.74, 6) is 1.80. The summed E-state index contributed by atoms with van der Waals surface area (Å²) in [5, 5.41) is 48.0. The Morgan fingerprint density at radius 3 is 2.62 bits per heavy atom. The second-order valence-corrected chi connectivity index (χ2v) is 13.8. The highest BCUT2D eigenvalue weighted by molar-refractivity contribution is 7.99. The van der Waals surface area contributed by atoms with Gasteiger partial charge in [-0.25, -0.2) is 4.79 Å². The largest absolute Gasteiger partial charge is 0.490 e. The lowest BCUT2D eigenvalue weighted by Crippen LogP contribution is -2.47. The van der Waals surface area contributed by atoms with Gasteiger partial charge in [-0.3, -0.25) is 4.98 Å². The zero-order chi connectivity index (χ0) is 33.2. The first kappa shape index (κ1) is 35.4. The summed E-state index contributed by atoms with van der Waals surface area (Å²) in [6.45, 7) is 0.568. The van der Waals surface area contributed by atoms with E-state index in [-0.39, 0.29) is 25.1 Å². The third kappa shape index (κ3) is 10.1. The fourth-order valence-electron chi connectivity index (χ4n) is 5.43. The van der Waals surface area contributed by atoms with Crippen molar-refractivity contribution >= 4 is 29.4 Å². The molecule has 10 nitrogen and oxygen atoms in total. The Kier molecular flexibility index (Phi) is 12.8. The quantitative estimate of drug-likeness (QED) is 0.0721. The molecular formula is C35H45ClN4O6S. The highest BCUT2D eigenvalue weighted by Gasteiger charge is 2.46. The third-order valence-electron chi connectivity index (χ3n) is 8.53. The Labute approximate surface area is 285 Å². The number of unbranched alkanes of at least 4 members (excludes halogenated alkanes) is 1. The van der Waals surface area contributed by atoms with Crippen LogP contribution in [0.15, 0.2) is 65.8 Å². The highest BCUT2D eigenvalue weighted by atomic mass is 35.5. The number of rotatable bonds is 19. The van der Waals surface area contributed by atoms with Gasteiger partial charge in [-0.1, -0.05) is 29.8 Å². The molecule has 254 valence electrons. The lowest BCUT2D eigenvalue weighted by atomic mass is 9.94. The Morgan fingerprint density at radius 2 is 1.85 bits per heavy atom. The van der Waals surface area contributed by atoms with Crippen LogP contribution in [0.5, 0.6) is 5.75 Å². The van der Waals surface area contributed by atoms with Crippen molar-refractivity contribution in [3.8, 4) is 16.9 Å². The van der Waals surface area contributed by atoms with Gasteiger partial charge in [0.05, 0.1) is 18.3 Å². The van der Waals surface area contributed by atoms with E-state index in [9.17, 15) is 20.1 Å². The molecule has 2 aliphatic carbocycles. The number of nitrogens with one attached hydrogen (secondary N) is 3. The number of para-hydroxylation sites is 1. The van der Waals surface area contributed by atoms with Crippen LogP contribution in [0.2, 0.25) is 5.02 Å².